The molecule has 3 rings (SSSR count). The van der Waals surface area contributed by atoms with Gasteiger partial charge in [-0.05, 0) is 55.1 Å². The molecule has 2 aliphatic rings. The molecule has 0 radical (unpaired) electrons. The van der Waals surface area contributed by atoms with E-state index in [1.807, 2.05) is 12.1 Å². The molecule has 0 aromatic heterocycles. The number of nitriles is 1. The Morgan fingerprint density at radius 2 is 2.25 bits per heavy atom. The summed E-state index contributed by atoms with van der Waals surface area (Å²) in [7, 11) is 0. The van der Waals surface area contributed by atoms with Crippen LogP contribution in [0.1, 0.15) is 24.5 Å². The van der Waals surface area contributed by atoms with Crippen molar-refractivity contribution in [3.05, 3.63) is 35.1 Å². The average Bonchev–Trinajstić information content (AvgIpc) is 2.98. The van der Waals surface area contributed by atoms with Gasteiger partial charge in [0.05, 0.1) is 11.6 Å². The van der Waals surface area contributed by atoms with Gasteiger partial charge in [0, 0.05) is 19.1 Å². The van der Waals surface area contributed by atoms with Crippen LogP contribution in [0.3, 0.4) is 0 Å². The number of likely N-dealkylation sites (tertiary alicyclic amines) is 1. The van der Waals surface area contributed by atoms with E-state index in [-0.39, 0.29) is 5.82 Å². The quantitative estimate of drug-likeness (QED) is 0.917. The van der Waals surface area contributed by atoms with Crippen molar-refractivity contribution in [3.63, 3.8) is 0 Å². The molecular formula is C16H20FN3. The van der Waals surface area contributed by atoms with E-state index in [2.05, 4.69) is 17.1 Å². The van der Waals surface area contributed by atoms with Gasteiger partial charge in [-0.15, -0.1) is 0 Å². The molecule has 0 aliphatic carbocycles. The Balaban J connectivity index is 1.78. The van der Waals surface area contributed by atoms with E-state index in [0.29, 0.717) is 11.6 Å². The third kappa shape index (κ3) is 2.44. The summed E-state index contributed by atoms with van der Waals surface area (Å²) in [6.45, 7) is 6.26. The molecule has 1 N–H and O–H groups in total. The predicted molar refractivity (Wildman–Crippen MR) is 75.5 cm³/mol. The molecule has 106 valence electrons. The highest BCUT2D eigenvalue weighted by Crippen LogP contribution is 2.35. The minimum atomic E-state index is -0.312. The van der Waals surface area contributed by atoms with Gasteiger partial charge in [-0.1, -0.05) is 6.92 Å². The molecule has 0 amide bonds. The number of nitrogens with zero attached hydrogens (tertiary/aromatic N) is 2. The molecule has 2 aliphatic heterocycles. The van der Waals surface area contributed by atoms with Crippen molar-refractivity contribution in [2.24, 2.45) is 11.8 Å². The number of nitrogens with one attached hydrogen (secondary N) is 1. The third-order valence-electron chi connectivity index (χ3n) is 4.71. The fraction of sp³-hybridized carbons (Fsp3) is 0.562. The van der Waals surface area contributed by atoms with E-state index in [0.717, 1.165) is 50.0 Å². The second-order valence-corrected chi connectivity index (χ2v) is 5.95. The van der Waals surface area contributed by atoms with Crippen molar-refractivity contribution >= 4 is 0 Å². The van der Waals surface area contributed by atoms with Crippen molar-refractivity contribution in [3.8, 4) is 6.07 Å². The van der Waals surface area contributed by atoms with Crippen LogP contribution in [0.15, 0.2) is 18.2 Å². The van der Waals surface area contributed by atoms with Gasteiger partial charge in [-0.25, -0.2) is 4.39 Å². The topological polar surface area (TPSA) is 39.1 Å². The lowest BCUT2D eigenvalue weighted by molar-refractivity contribution is 0.210. The highest BCUT2D eigenvalue weighted by molar-refractivity contribution is 5.33. The molecular weight excluding hydrogens is 253 g/mol. The maximum Gasteiger partial charge on any atom is 0.124 e. The summed E-state index contributed by atoms with van der Waals surface area (Å²) in [6, 6.07) is 7.26. The molecule has 2 heterocycles. The monoisotopic (exact) mass is 273 g/mol. The Hall–Kier alpha value is -1.44. The van der Waals surface area contributed by atoms with Gasteiger partial charge in [0.15, 0.2) is 0 Å². The van der Waals surface area contributed by atoms with Crippen LogP contribution in [0.2, 0.25) is 0 Å². The normalized spacial score (nSPS) is 29.4. The second-order valence-electron chi connectivity index (χ2n) is 5.95. The maximum atomic E-state index is 13.5. The molecule has 1 aromatic carbocycles. The Morgan fingerprint density at radius 3 is 3.00 bits per heavy atom. The molecule has 2 saturated heterocycles. The Bertz CT molecular complexity index is 537. The first-order valence-corrected chi connectivity index (χ1v) is 7.35. The van der Waals surface area contributed by atoms with E-state index in [9.17, 15) is 4.39 Å². The van der Waals surface area contributed by atoms with Crippen LogP contribution in [0.4, 0.5) is 4.39 Å². The summed E-state index contributed by atoms with van der Waals surface area (Å²) in [5.74, 6) is 1.14. The minimum absolute atomic E-state index is 0.312. The van der Waals surface area contributed by atoms with Crippen LogP contribution in [0, 0.1) is 29.0 Å². The lowest BCUT2D eigenvalue weighted by Crippen LogP contribution is -2.34. The zero-order chi connectivity index (χ0) is 14.1. The van der Waals surface area contributed by atoms with E-state index in [1.54, 1.807) is 6.07 Å². The van der Waals surface area contributed by atoms with E-state index < -0.39 is 0 Å². The smallest absolute Gasteiger partial charge is 0.124 e. The summed E-state index contributed by atoms with van der Waals surface area (Å²) in [6.07, 6.45) is 1.13. The van der Waals surface area contributed by atoms with Gasteiger partial charge >= 0.3 is 0 Å². The Kier molecular flexibility index (Phi) is 3.73. The maximum absolute atomic E-state index is 13.5. The zero-order valence-electron chi connectivity index (χ0n) is 11.8. The molecule has 0 saturated carbocycles. The van der Waals surface area contributed by atoms with Crippen molar-refractivity contribution in [2.75, 3.05) is 19.6 Å². The summed E-state index contributed by atoms with van der Waals surface area (Å²) in [5.41, 5.74) is 1.32. The third-order valence-corrected chi connectivity index (χ3v) is 4.71. The van der Waals surface area contributed by atoms with Gasteiger partial charge in [-0.2, -0.15) is 5.26 Å². The SMILES string of the molecule is CCC1C2CNCC2CN1Cc1cc(F)cc(C#N)c1. The Morgan fingerprint density at radius 1 is 1.40 bits per heavy atom. The molecule has 1 aromatic rings. The Labute approximate surface area is 119 Å². The van der Waals surface area contributed by atoms with Gasteiger partial charge in [-0.3, -0.25) is 4.90 Å². The molecule has 3 unspecified atom stereocenters. The van der Waals surface area contributed by atoms with Crippen LogP contribution in [0.25, 0.3) is 0 Å². The first kappa shape index (κ1) is 13.5. The van der Waals surface area contributed by atoms with Gasteiger partial charge < -0.3 is 5.32 Å². The standard InChI is InChI=1S/C16H20FN3/c1-2-16-15-8-19-7-13(15)10-20(16)9-12-3-11(6-18)4-14(17)5-12/h3-5,13,15-16,19H,2,7-10H2,1H3. The summed E-state index contributed by atoms with van der Waals surface area (Å²) < 4.78 is 13.5. The lowest BCUT2D eigenvalue weighted by Gasteiger charge is -2.26. The lowest BCUT2D eigenvalue weighted by atomic mass is 9.93. The summed E-state index contributed by atoms with van der Waals surface area (Å²) in [5, 5.41) is 12.4. The van der Waals surface area contributed by atoms with E-state index >= 15 is 0 Å². The fourth-order valence-electron chi connectivity index (χ4n) is 3.89. The first-order chi connectivity index (χ1) is 9.71. The van der Waals surface area contributed by atoms with Crippen molar-refractivity contribution < 1.29 is 4.39 Å². The number of rotatable bonds is 3. The zero-order valence-corrected chi connectivity index (χ0v) is 11.8. The number of hydrogen-bond donors (Lipinski definition) is 1. The van der Waals surface area contributed by atoms with Crippen molar-refractivity contribution in [1.29, 1.82) is 5.26 Å². The average molecular weight is 273 g/mol. The molecule has 2 fully saturated rings. The van der Waals surface area contributed by atoms with Crippen molar-refractivity contribution in [1.82, 2.24) is 10.2 Å². The molecule has 3 atom stereocenters. The highest BCUT2D eigenvalue weighted by Gasteiger charge is 2.42. The number of fused-ring (bicyclic) bond motifs is 1. The van der Waals surface area contributed by atoms with Crippen LogP contribution in [0.5, 0.6) is 0 Å². The second kappa shape index (κ2) is 5.51. The van der Waals surface area contributed by atoms with Crippen LogP contribution in [-0.2, 0) is 6.54 Å². The first-order valence-electron chi connectivity index (χ1n) is 7.35. The minimum Gasteiger partial charge on any atom is -0.316 e. The van der Waals surface area contributed by atoms with Crippen molar-refractivity contribution in [2.45, 2.75) is 25.9 Å². The van der Waals surface area contributed by atoms with Crippen LogP contribution < -0.4 is 5.32 Å². The molecule has 20 heavy (non-hydrogen) atoms. The predicted octanol–water partition coefficient (Wildman–Crippen LogP) is 2.13. The number of hydrogen-bond acceptors (Lipinski definition) is 3. The van der Waals surface area contributed by atoms with Crippen LogP contribution >= 0.6 is 0 Å². The molecule has 0 spiro atoms. The van der Waals surface area contributed by atoms with Gasteiger partial charge in [0.25, 0.3) is 0 Å². The molecule has 0 bridgehead atoms. The fourth-order valence-corrected chi connectivity index (χ4v) is 3.89. The largest absolute Gasteiger partial charge is 0.316 e. The number of benzene rings is 1. The highest BCUT2D eigenvalue weighted by atomic mass is 19.1. The molecule has 4 heteroatoms. The van der Waals surface area contributed by atoms with Crippen LogP contribution in [-0.4, -0.2) is 30.6 Å². The summed E-state index contributed by atoms with van der Waals surface area (Å²) in [4.78, 5) is 2.46. The number of halogens is 1. The molecule has 3 nitrogen and oxygen atoms in total. The van der Waals surface area contributed by atoms with E-state index in [4.69, 9.17) is 5.26 Å². The van der Waals surface area contributed by atoms with Gasteiger partial charge in [0.2, 0.25) is 0 Å². The van der Waals surface area contributed by atoms with Gasteiger partial charge in [0.1, 0.15) is 5.82 Å². The van der Waals surface area contributed by atoms with E-state index in [1.165, 1.54) is 6.07 Å². The summed E-state index contributed by atoms with van der Waals surface area (Å²) >= 11 is 0.